The fourth-order valence-electron chi connectivity index (χ4n) is 2.75. The molecular weight excluding hydrogens is 346 g/mol. The lowest BCUT2D eigenvalue weighted by atomic mass is 10.2. The number of fused-ring (bicyclic) bond motifs is 1. The topological polar surface area (TPSA) is 102 Å². The molecule has 27 heavy (non-hydrogen) atoms. The summed E-state index contributed by atoms with van der Waals surface area (Å²) in [4.78, 5) is 17.3. The zero-order chi connectivity index (χ0) is 19.0. The maximum atomic E-state index is 12.9. The van der Waals surface area contributed by atoms with E-state index < -0.39 is 0 Å². The van der Waals surface area contributed by atoms with Crippen molar-refractivity contribution in [3.8, 4) is 11.6 Å². The fraction of sp³-hybridized carbons (Fsp3) is 0.167. The van der Waals surface area contributed by atoms with Crippen LogP contribution in [0, 0.1) is 13.8 Å². The highest BCUT2D eigenvalue weighted by molar-refractivity contribution is 5.83. The number of hydrogen-bond acceptors (Lipinski definition) is 6. The second-order valence-electron chi connectivity index (χ2n) is 5.93. The molecule has 0 radical (unpaired) electrons. The minimum absolute atomic E-state index is 0.247. The van der Waals surface area contributed by atoms with E-state index >= 15 is 0 Å². The van der Waals surface area contributed by atoms with E-state index in [0.29, 0.717) is 40.0 Å². The Morgan fingerprint density at radius 3 is 2.78 bits per heavy atom. The average Bonchev–Trinajstić information content (AvgIpc) is 3.19. The van der Waals surface area contributed by atoms with E-state index in [0.717, 1.165) is 0 Å². The first-order chi connectivity index (χ1) is 13.1. The van der Waals surface area contributed by atoms with Crippen LogP contribution in [0.3, 0.4) is 0 Å². The number of aromatic amines is 1. The lowest BCUT2D eigenvalue weighted by Gasteiger charge is -2.02. The number of H-pyrrole nitrogens is 1. The summed E-state index contributed by atoms with van der Waals surface area (Å²) in [6.45, 7) is 3.61. The van der Waals surface area contributed by atoms with Crippen molar-refractivity contribution in [1.29, 1.82) is 0 Å². The van der Waals surface area contributed by atoms with Crippen LogP contribution in [0.4, 0.5) is 5.69 Å². The molecule has 0 aliphatic rings. The molecule has 9 heteroatoms. The van der Waals surface area contributed by atoms with Gasteiger partial charge in [-0.15, -0.1) is 15.3 Å². The highest BCUT2D eigenvalue weighted by Gasteiger charge is 2.13. The largest absolute Gasteiger partial charge is 0.494 e. The van der Waals surface area contributed by atoms with Gasteiger partial charge >= 0.3 is 0 Å². The molecule has 0 aliphatic carbocycles. The van der Waals surface area contributed by atoms with Gasteiger partial charge in [0.1, 0.15) is 11.4 Å². The smallest absolute Gasteiger partial charge is 0.281 e. The van der Waals surface area contributed by atoms with E-state index in [1.165, 1.54) is 10.9 Å². The van der Waals surface area contributed by atoms with Gasteiger partial charge in [-0.05, 0) is 38.1 Å². The third-order valence-corrected chi connectivity index (χ3v) is 4.17. The van der Waals surface area contributed by atoms with Crippen LogP contribution in [0.5, 0.6) is 5.75 Å². The van der Waals surface area contributed by atoms with Crippen molar-refractivity contribution in [2.24, 2.45) is 4.99 Å². The SMILES string of the molecule is COc1ccccc1N=Cc1c(C)[nH]n(-c2ccc3nnc(C)n3n2)c1=O. The summed E-state index contributed by atoms with van der Waals surface area (Å²) in [7, 11) is 1.58. The minimum atomic E-state index is -0.247. The van der Waals surface area contributed by atoms with E-state index in [2.05, 4.69) is 25.4 Å². The van der Waals surface area contributed by atoms with Crippen molar-refractivity contribution in [2.75, 3.05) is 7.11 Å². The number of aryl methyl sites for hydroxylation is 2. The van der Waals surface area contributed by atoms with Gasteiger partial charge in [-0.3, -0.25) is 14.9 Å². The molecule has 0 atom stereocenters. The van der Waals surface area contributed by atoms with Crippen LogP contribution < -0.4 is 10.3 Å². The standard InChI is InChI=1S/C18H17N7O2/c1-11-13(10-19-14-6-4-5-7-15(14)27-3)18(26)25(22-11)17-9-8-16-21-20-12(2)24(16)23-17/h4-10,22H,1-3H3. The molecule has 0 saturated heterocycles. The van der Waals surface area contributed by atoms with Crippen molar-refractivity contribution in [3.63, 3.8) is 0 Å². The molecule has 1 N–H and O–H groups in total. The lowest BCUT2D eigenvalue weighted by molar-refractivity contribution is 0.416. The number of aromatic nitrogens is 6. The van der Waals surface area contributed by atoms with Crippen molar-refractivity contribution >= 4 is 17.5 Å². The second kappa shape index (κ2) is 6.52. The van der Waals surface area contributed by atoms with Crippen LogP contribution in [-0.4, -0.2) is 42.9 Å². The number of para-hydroxylation sites is 2. The summed E-state index contributed by atoms with van der Waals surface area (Å²) in [5, 5.41) is 15.4. The molecule has 4 aromatic rings. The van der Waals surface area contributed by atoms with Crippen molar-refractivity contribution < 1.29 is 4.74 Å². The normalized spacial score (nSPS) is 11.5. The monoisotopic (exact) mass is 363 g/mol. The number of hydrogen-bond donors (Lipinski definition) is 1. The summed E-state index contributed by atoms with van der Waals surface area (Å²) < 4.78 is 8.24. The first-order valence-corrected chi connectivity index (χ1v) is 8.26. The molecule has 0 spiro atoms. The molecule has 3 aromatic heterocycles. The second-order valence-corrected chi connectivity index (χ2v) is 5.93. The Morgan fingerprint density at radius 1 is 1.15 bits per heavy atom. The molecule has 0 amide bonds. The van der Waals surface area contributed by atoms with Crippen LogP contribution in [0.25, 0.3) is 11.5 Å². The first kappa shape index (κ1) is 16.7. The van der Waals surface area contributed by atoms with Crippen LogP contribution in [0.2, 0.25) is 0 Å². The van der Waals surface area contributed by atoms with Gasteiger partial charge < -0.3 is 4.74 Å². The van der Waals surface area contributed by atoms with Crippen LogP contribution in [0.1, 0.15) is 17.1 Å². The Balaban J connectivity index is 1.76. The van der Waals surface area contributed by atoms with Crippen LogP contribution in [-0.2, 0) is 0 Å². The van der Waals surface area contributed by atoms with Gasteiger partial charge in [0, 0.05) is 11.9 Å². The van der Waals surface area contributed by atoms with Crippen LogP contribution in [0.15, 0.2) is 46.2 Å². The van der Waals surface area contributed by atoms with Crippen LogP contribution >= 0.6 is 0 Å². The Labute approximate surface area is 153 Å². The van der Waals surface area contributed by atoms with Gasteiger partial charge in [0.15, 0.2) is 17.3 Å². The Morgan fingerprint density at radius 2 is 1.96 bits per heavy atom. The molecule has 136 valence electrons. The van der Waals surface area contributed by atoms with Gasteiger partial charge in [0.2, 0.25) is 0 Å². The summed E-state index contributed by atoms with van der Waals surface area (Å²) in [5.74, 6) is 1.72. The summed E-state index contributed by atoms with van der Waals surface area (Å²) >= 11 is 0. The van der Waals surface area contributed by atoms with Crippen molar-refractivity contribution in [3.05, 3.63) is 63.8 Å². The number of nitrogens with zero attached hydrogens (tertiary/aromatic N) is 6. The first-order valence-electron chi connectivity index (χ1n) is 8.26. The number of methoxy groups -OCH3 is 1. The molecule has 1 aromatic carbocycles. The van der Waals surface area contributed by atoms with Gasteiger partial charge in [-0.25, -0.2) is 0 Å². The highest BCUT2D eigenvalue weighted by atomic mass is 16.5. The molecule has 4 rings (SSSR count). The van der Waals surface area contributed by atoms with Gasteiger partial charge in [-0.1, -0.05) is 12.1 Å². The summed E-state index contributed by atoms with van der Waals surface area (Å²) in [6.07, 6.45) is 1.53. The highest BCUT2D eigenvalue weighted by Crippen LogP contribution is 2.26. The zero-order valence-electron chi connectivity index (χ0n) is 15.0. The third kappa shape index (κ3) is 2.88. The molecular formula is C18H17N7O2. The summed E-state index contributed by atoms with van der Waals surface area (Å²) in [6, 6.07) is 10.8. The third-order valence-electron chi connectivity index (χ3n) is 4.17. The Hall–Kier alpha value is -3.75. The molecule has 0 aliphatic heterocycles. The molecule has 9 nitrogen and oxygen atoms in total. The number of rotatable bonds is 4. The van der Waals surface area contributed by atoms with E-state index in [1.807, 2.05) is 31.2 Å². The van der Waals surface area contributed by atoms with E-state index in [1.54, 1.807) is 30.7 Å². The van der Waals surface area contributed by atoms with Gasteiger partial charge in [-0.2, -0.15) is 9.20 Å². The van der Waals surface area contributed by atoms with E-state index in [9.17, 15) is 4.79 Å². The average molecular weight is 363 g/mol. The van der Waals surface area contributed by atoms with Gasteiger partial charge in [0.25, 0.3) is 5.56 Å². The number of aliphatic imine (C=N–C) groups is 1. The number of nitrogens with one attached hydrogen (secondary N) is 1. The minimum Gasteiger partial charge on any atom is -0.494 e. The maximum Gasteiger partial charge on any atom is 0.281 e. The summed E-state index contributed by atoms with van der Waals surface area (Å²) in [5.41, 5.74) is 2.14. The van der Waals surface area contributed by atoms with Crippen molar-refractivity contribution in [2.45, 2.75) is 13.8 Å². The Bertz CT molecular complexity index is 1220. The maximum absolute atomic E-state index is 12.9. The fourth-order valence-corrected chi connectivity index (χ4v) is 2.75. The van der Waals surface area contributed by atoms with Crippen molar-refractivity contribution in [1.82, 2.24) is 29.6 Å². The predicted octanol–water partition coefficient (Wildman–Crippen LogP) is 1.98. The van der Waals surface area contributed by atoms with E-state index in [-0.39, 0.29) is 5.56 Å². The molecule has 0 saturated carbocycles. The Kier molecular flexibility index (Phi) is 4.03. The zero-order valence-corrected chi connectivity index (χ0v) is 15.0. The molecule has 3 heterocycles. The lowest BCUT2D eigenvalue weighted by Crippen LogP contribution is -2.19. The number of ether oxygens (including phenoxy) is 1. The molecule has 0 fully saturated rings. The molecule has 0 bridgehead atoms. The number of benzene rings is 1. The van der Waals surface area contributed by atoms with E-state index in [4.69, 9.17) is 4.74 Å². The predicted molar refractivity (Wildman–Crippen MR) is 100 cm³/mol. The quantitative estimate of drug-likeness (QED) is 0.559. The van der Waals surface area contributed by atoms with Gasteiger partial charge in [0.05, 0.1) is 12.7 Å². The molecule has 0 unspecified atom stereocenters.